The Hall–Kier alpha value is -2.80. The summed E-state index contributed by atoms with van der Waals surface area (Å²) < 4.78 is 5.67. The van der Waals surface area contributed by atoms with Crippen LogP contribution < -0.4 is 10.1 Å². The van der Waals surface area contributed by atoms with Crippen LogP contribution in [0, 0.1) is 18.3 Å². The van der Waals surface area contributed by atoms with Gasteiger partial charge in [-0.15, -0.1) is 0 Å². The van der Waals surface area contributed by atoms with Gasteiger partial charge >= 0.3 is 0 Å². The molecule has 1 N–H and O–H groups in total. The number of nitrogens with zero attached hydrogens (tertiary/aromatic N) is 1. The molecule has 0 bridgehead atoms. The second-order valence-corrected chi connectivity index (χ2v) is 6.05. The van der Waals surface area contributed by atoms with Crippen molar-refractivity contribution in [3.05, 3.63) is 59.2 Å². The molecule has 0 radical (unpaired) electrons. The van der Waals surface area contributed by atoms with Crippen molar-refractivity contribution in [2.24, 2.45) is 0 Å². The van der Waals surface area contributed by atoms with Crippen molar-refractivity contribution >= 4 is 11.6 Å². The van der Waals surface area contributed by atoms with Gasteiger partial charge in [0.25, 0.3) is 5.91 Å². The zero-order valence-electron chi connectivity index (χ0n) is 14.3. The van der Waals surface area contributed by atoms with Crippen molar-refractivity contribution in [3.8, 4) is 11.8 Å². The highest BCUT2D eigenvalue weighted by Gasteiger charge is 2.08. The molecule has 24 heavy (non-hydrogen) atoms. The number of nitriles is 1. The van der Waals surface area contributed by atoms with E-state index in [0.717, 1.165) is 16.9 Å². The van der Waals surface area contributed by atoms with Crippen LogP contribution in [-0.2, 0) is 11.2 Å². The summed E-state index contributed by atoms with van der Waals surface area (Å²) in [6.07, 6.45) is 0.364. The fraction of sp³-hybridized carbons (Fsp3) is 0.300. The number of carbonyl (C=O) groups excluding carboxylic acids is 1. The van der Waals surface area contributed by atoms with Crippen molar-refractivity contribution in [1.82, 2.24) is 0 Å². The molecule has 124 valence electrons. The molecule has 0 saturated carbocycles. The Kier molecular flexibility index (Phi) is 5.97. The number of rotatable bonds is 6. The first-order chi connectivity index (χ1) is 11.5. The first kappa shape index (κ1) is 17.6. The molecule has 2 aromatic rings. The molecule has 4 heteroatoms. The Morgan fingerprint density at radius 2 is 1.92 bits per heavy atom. The average Bonchev–Trinajstić information content (AvgIpc) is 2.56. The Morgan fingerprint density at radius 1 is 1.21 bits per heavy atom. The zero-order chi connectivity index (χ0) is 17.5. The Morgan fingerprint density at radius 3 is 2.54 bits per heavy atom. The first-order valence-electron chi connectivity index (χ1n) is 7.98. The van der Waals surface area contributed by atoms with Crippen LogP contribution in [0.2, 0.25) is 0 Å². The Bertz CT molecular complexity index is 743. The number of carbonyl (C=O) groups is 1. The standard InChI is InChI=1S/C20H22N2O2/c1-14(2)17-7-4-15(3)19(12-17)24-13-20(23)22-18-8-5-16(6-9-18)10-11-21/h4-9,12,14H,10,13H2,1-3H3,(H,22,23). The minimum Gasteiger partial charge on any atom is -0.483 e. The van der Waals surface area contributed by atoms with E-state index in [1.54, 1.807) is 12.1 Å². The molecule has 1 amide bonds. The van der Waals surface area contributed by atoms with E-state index in [0.29, 0.717) is 18.0 Å². The maximum Gasteiger partial charge on any atom is 0.262 e. The zero-order valence-corrected chi connectivity index (χ0v) is 14.3. The lowest BCUT2D eigenvalue weighted by atomic mass is 10.0. The lowest BCUT2D eigenvalue weighted by Crippen LogP contribution is -2.20. The highest BCUT2D eigenvalue weighted by Crippen LogP contribution is 2.24. The molecule has 2 aromatic carbocycles. The predicted molar refractivity (Wildman–Crippen MR) is 95.2 cm³/mol. The van der Waals surface area contributed by atoms with Crippen LogP contribution in [-0.4, -0.2) is 12.5 Å². The monoisotopic (exact) mass is 322 g/mol. The summed E-state index contributed by atoms with van der Waals surface area (Å²) in [6.45, 7) is 6.17. The molecule has 0 aromatic heterocycles. The van der Waals surface area contributed by atoms with Gasteiger partial charge in [-0.25, -0.2) is 0 Å². The third-order valence-corrected chi connectivity index (χ3v) is 3.76. The maximum atomic E-state index is 12.0. The van der Waals surface area contributed by atoms with Gasteiger partial charge in [-0.05, 0) is 47.7 Å². The Labute approximate surface area is 143 Å². The molecular weight excluding hydrogens is 300 g/mol. The summed E-state index contributed by atoms with van der Waals surface area (Å²) >= 11 is 0. The highest BCUT2D eigenvalue weighted by molar-refractivity contribution is 5.91. The summed E-state index contributed by atoms with van der Waals surface area (Å²) in [5, 5.41) is 11.4. The summed E-state index contributed by atoms with van der Waals surface area (Å²) in [5.41, 5.74) is 3.81. The minimum absolute atomic E-state index is 0.0393. The number of amides is 1. The van der Waals surface area contributed by atoms with E-state index < -0.39 is 0 Å². The van der Waals surface area contributed by atoms with Crippen LogP contribution >= 0.6 is 0 Å². The summed E-state index contributed by atoms with van der Waals surface area (Å²) in [7, 11) is 0. The van der Waals surface area contributed by atoms with Gasteiger partial charge in [-0.2, -0.15) is 5.26 Å². The van der Waals surface area contributed by atoms with Gasteiger partial charge in [0, 0.05) is 5.69 Å². The van der Waals surface area contributed by atoms with E-state index in [4.69, 9.17) is 10.00 Å². The van der Waals surface area contributed by atoms with Crippen molar-refractivity contribution in [2.45, 2.75) is 33.1 Å². The number of anilines is 1. The van der Waals surface area contributed by atoms with Gasteiger partial charge in [0.15, 0.2) is 6.61 Å². The number of hydrogen-bond acceptors (Lipinski definition) is 3. The molecule has 0 atom stereocenters. The molecule has 0 unspecified atom stereocenters. The van der Waals surface area contributed by atoms with Crippen molar-refractivity contribution in [1.29, 1.82) is 5.26 Å². The summed E-state index contributed by atoms with van der Waals surface area (Å²) in [4.78, 5) is 12.0. The number of aryl methyl sites for hydroxylation is 1. The van der Waals surface area contributed by atoms with E-state index >= 15 is 0 Å². The molecular formula is C20H22N2O2. The Balaban J connectivity index is 1.93. The van der Waals surface area contributed by atoms with Crippen LogP contribution in [0.3, 0.4) is 0 Å². The molecule has 0 fully saturated rings. The lowest BCUT2D eigenvalue weighted by Gasteiger charge is -2.13. The number of benzene rings is 2. The first-order valence-corrected chi connectivity index (χ1v) is 7.98. The van der Waals surface area contributed by atoms with E-state index in [1.807, 2.05) is 31.2 Å². The fourth-order valence-electron chi connectivity index (χ4n) is 2.27. The number of nitrogens with one attached hydrogen (secondary N) is 1. The molecule has 0 aliphatic rings. The largest absolute Gasteiger partial charge is 0.483 e. The van der Waals surface area contributed by atoms with Crippen molar-refractivity contribution < 1.29 is 9.53 Å². The van der Waals surface area contributed by atoms with Gasteiger partial charge in [0.2, 0.25) is 0 Å². The van der Waals surface area contributed by atoms with Gasteiger partial charge in [-0.3, -0.25) is 4.79 Å². The molecule has 4 nitrogen and oxygen atoms in total. The number of hydrogen-bond donors (Lipinski definition) is 1. The van der Waals surface area contributed by atoms with Crippen LogP contribution in [0.1, 0.15) is 36.5 Å². The van der Waals surface area contributed by atoms with Crippen molar-refractivity contribution in [3.63, 3.8) is 0 Å². The van der Waals surface area contributed by atoms with Crippen LogP contribution in [0.5, 0.6) is 5.75 Å². The average molecular weight is 322 g/mol. The summed E-state index contributed by atoms with van der Waals surface area (Å²) in [5.74, 6) is 0.937. The SMILES string of the molecule is Cc1ccc(C(C)C)cc1OCC(=O)Nc1ccc(CC#N)cc1. The lowest BCUT2D eigenvalue weighted by molar-refractivity contribution is -0.118. The van der Waals surface area contributed by atoms with Gasteiger partial charge in [-0.1, -0.05) is 38.1 Å². The fourth-order valence-corrected chi connectivity index (χ4v) is 2.27. The molecule has 0 aliphatic carbocycles. The van der Waals surface area contributed by atoms with Crippen LogP contribution in [0.15, 0.2) is 42.5 Å². The van der Waals surface area contributed by atoms with Gasteiger partial charge < -0.3 is 10.1 Å². The topological polar surface area (TPSA) is 62.1 Å². The maximum absolute atomic E-state index is 12.0. The van der Waals surface area contributed by atoms with E-state index in [-0.39, 0.29) is 12.5 Å². The normalized spacial score (nSPS) is 10.3. The van der Waals surface area contributed by atoms with Gasteiger partial charge in [0.1, 0.15) is 5.75 Å². The molecule has 2 rings (SSSR count). The second-order valence-electron chi connectivity index (χ2n) is 6.05. The third kappa shape index (κ3) is 4.85. The van der Waals surface area contributed by atoms with E-state index in [2.05, 4.69) is 31.3 Å². The molecule has 0 saturated heterocycles. The second kappa shape index (κ2) is 8.16. The molecule has 0 aliphatic heterocycles. The van der Waals surface area contributed by atoms with Gasteiger partial charge in [0.05, 0.1) is 12.5 Å². The summed E-state index contributed by atoms with van der Waals surface area (Å²) in [6, 6.07) is 15.4. The van der Waals surface area contributed by atoms with E-state index in [1.165, 1.54) is 5.56 Å². The predicted octanol–water partition coefficient (Wildman–Crippen LogP) is 4.20. The molecule has 0 spiro atoms. The quantitative estimate of drug-likeness (QED) is 0.867. The van der Waals surface area contributed by atoms with Crippen LogP contribution in [0.25, 0.3) is 0 Å². The van der Waals surface area contributed by atoms with E-state index in [9.17, 15) is 4.79 Å². The van der Waals surface area contributed by atoms with Crippen LogP contribution in [0.4, 0.5) is 5.69 Å². The van der Waals surface area contributed by atoms with Crippen molar-refractivity contribution in [2.75, 3.05) is 11.9 Å². The minimum atomic E-state index is -0.211. The third-order valence-electron chi connectivity index (χ3n) is 3.76. The molecule has 0 heterocycles. The highest BCUT2D eigenvalue weighted by atomic mass is 16.5. The number of ether oxygens (including phenoxy) is 1. The smallest absolute Gasteiger partial charge is 0.262 e.